The summed E-state index contributed by atoms with van der Waals surface area (Å²) in [6, 6.07) is 6.09. The largest absolute Gasteiger partial charge is 0.462 e. The van der Waals surface area contributed by atoms with Crippen molar-refractivity contribution in [3.63, 3.8) is 0 Å². The Hall–Kier alpha value is -2.41. The van der Waals surface area contributed by atoms with Crippen molar-refractivity contribution in [3.8, 4) is 0 Å². The summed E-state index contributed by atoms with van der Waals surface area (Å²) in [6.45, 7) is 3.93. The number of urea groups is 1. The second-order valence-corrected chi connectivity index (χ2v) is 5.03. The zero-order valence-electron chi connectivity index (χ0n) is 11.7. The van der Waals surface area contributed by atoms with E-state index in [-0.39, 0.29) is 12.0 Å². The first-order valence-electron chi connectivity index (χ1n) is 6.36. The number of hydrogen-bond acceptors (Lipinski definition) is 5. The number of carbonyl (C=O) groups is 2. The minimum Gasteiger partial charge on any atom is -0.462 e. The van der Waals surface area contributed by atoms with E-state index in [1.807, 2.05) is 12.3 Å². The van der Waals surface area contributed by atoms with Gasteiger partial charge in [-0.25, -0.2) is 14.6 Å². The quantitative estimate of drug-likeness (QED) is 0.850. The molecule has 1 aromatic carbocycles. The van der Waals surface area contributed by atoms with Gasteiger partial charge in [-0.15, -0.1) is 11.3 Å². The summed E-state index contributed by atoms with van der Waals surface area (Å²) in [5.74, 6) is -0.383. The smallest absolute Gasteiger partial charge is 0.338 e. The molecule has 0 atom stereocenters. The van der Waals surface area contributed by atoms with Gasteiger partial charge in [0.15, 0.2) is 5.13 Å². The number of amides is 2. The van der Waals surface area contributed by atoms with Crippen LogP contribution in [0.25, 0.3) is 0 Å². The minimum absolute atomic E-state index is 0.328. The number of carbonyl (C=O) groups excluding carboxylic acids is 2. The van der Waals surface area contributed by atoms with Gasteiger partial charge in [-0.05, 0) is 38.1 Å². The molecule has 6 nitrogen and oxygen atoms in total. The summed E-state index contributed by atoms with van der Waals surface area (Å²) >= 11 is 1.36. The molecule has 0 unspecified atom stereocenters. The molecule has 7 heteroatoms. The van der Waals surface area contributed by atoms with Gasteiger partial charge in [0.1, 0.15) is 0 Å². The van der Waals surface area contributed by atoms with Crippen LogP contribution in [0.15, 0.2) is 29.6 Å². The van der Waals surface area contributed by atoms with Crippen molar-refractivity contribution in [2.75, 3.05) is 17.2 Å². The lowest BCUT2D eigenvalue weighted by Crippen LogP contribution is -2.19. The summed E-state index contributed by atoms with van der Waals surface area (Å²) in [7, 11) is 0. The molecule has 2 amide bonds. The number of hydrogen-bond donors (Lipinski definition) is 2. The fraction of sp³-hybridized carbons (Fsp3) is 0.214. The Balaban J connectivity index is 1.93. The SMILES string of the molecule is CCOC(=O)c1ccc(NC(=O)Nc2nc(C)cs2)cc1. The topological polar surface area (TPSA) is 80.3 Å². The van der Waals surface area contributed by atoms with Gasteiger partial charge in [-0.1, -0.05) is 0 Å². The Morgan fingerprint density at radius 1 is 1.24 bits per heavy atom. The van der Waals surface area contributed by atoms with Gasteiger partial charge in [-0.2, -0.15) is 0 Å². The van der Waals surface area contributed by atoms with E-state index in [0.29, 0.717) is 23.0 Å². The molecular formula is C14H15N3O3S. The fourth-order valence-corrected chi connectivity index (χ4v) is 2.26. The fourth-order valence-electron chi connectivity index (χ4n) is 1.57. The lowest BCUT2D eigenvalue weighted by molar-refractivity contribution is 0.0526. The van der Waals surface area contributed by atoms with Crippen LogP contribution in [0, 0.1) is 6.92 Å². The van der Waals surface area contributed by atoms with Crippen molar-refractivity contribution in [2.24, 2.45) is 0 Å². The first-order valence-corrected chi connectivity index (χ1v) is 7.23. The number of benzene rings is 1. The number of esters is 1. The van der Waals surface area contributed by atoms with Crippen molar-refractivity contribution in [2.45, 2.75) is 13.8 Å². The molecule has 0 aliphatic heterocycles. The van der Waals surface area contributed by atoms with E-state index < -0.39 is 0 Å². The second kappa shape index (κ2) is 6.85. The molecule has 1 heterocycles. The van der Waals surface area contributed by atoms with Crippen LogP contribution in [-0.4, -0.2) is 23.6 Å². The predicted molar refractivity (Wildman–Crippen MR) is 81.9 cm³/mol. The molecule has 0 saturated carbocycles. The summed E-state index contributed by atoms with van der Waals surface area (Å²) in [5, 5.41) is 7.68. The summed E-state index contributed by atoms with van der Waals surface area (Å²) in [6.07, 6.45) is 0. The third-order valence-electron chi connectivity index (χ3n) is 2.49. The molecule has 1 aromatic heterocycles. The molecule has 2 aromatic rings. The summed E-state index contributed by atoms with van der Waals surface area (Å²) < 4.78 is 4.88. The highest BCUT2D eigenvalue weighted by atomic mass is 32.1. The van der Waals surface area contributed by atoms with Gasteiger partial charge in [0, 0.05) is 11.1 Å². The number of thiazole rings is 1. The first-order chi connectivity index (χ1) is 10.1. The number of rotatable bonds is 4. The molecule has 0 aliphatic rings. The van der Waals surface area contributed by atoms with Gasteiger partial charge in [0.25, 0.3) is 0 Å². The van der Waals surface area contributed by atoms with Crippen molar-refractivity contribution < 1.29 is 14.3 Å². The van der Waals surface area contributed by atoms with Crippen LogP contribution in [0.3, 0.4) is 0 Å². The zero-order valence-corrected chi connectivity index (χ0v) is 12.5. The highest BCUT2D eigenvalue weighted by Gasteiger charge is 2.08. The molecule has 21 heavy (non-hydrogen) atoms. The maximum Gasteiger partial charge on any atom is 0.338 e. The lowest BCUT2D eigenvalue weighted by atomic mass is 10.2. The van der Waals surface area contributed by atoms with Crippen LogP contribution in [0.1, 0.15) is 23.0 Å². The molecule has 2 rings (SSSR count). The van der Waals surface area contributed by atoms with Crippen molar-refractivity contribution in [3.05, 3.63) is 40.9 Å². The Kier molecular flexibility index (Phi) is 4.89. The van der Waals surface area contributed by atoms with Crippen molar-refractivity contribution in [1.29, 1.82) is 0 Å². The molecule has 2 N–H and O–H groups in total. The maximum atomic E-state index is 11.8. The molecule has 0 spiro atoms. The monoisotopic (exact) mass is 305 g/mol. The Morgan fingerprint density at radius 3 is 2.52 bits per heavy atom. The molecule has 0 bridgehead atoms. The van der Waals surface area contributed by atoms with Gasteiger partial charge in [0.05, 0.1) is 17.9 Å². The molecule has 110 valence electrons. The average molecular weight is 305 g/mol. The Morgan fingerprint density at radius 2 is 1.95 bits per heavy atom. The summed E-state index contributed by atoms with van der Waals surface area (Å²) in [4.78, 5) is 27.4. The standard InChI is InChI=1S/C14H15N3O3S/c1-3-20-12(18)10-4-6-11(7-5-10)16-13(19)17-14-15-9(2)8-21-14/h4-8H,3H2,1-2H3,(H2,15,16,17,19). The minimum atomic E-state index is -0.383. The molecule has 0 radical (unpaired) electrons. The molecule has 0 saturated heterocycles. The van der Waals surface area contributed by atoms with E-state index >= 15 is 0 Å². The number of nitrogens with zero attached hydrogens (tertiary/aromatic N) is 1. The van der Waals surface area contributed by atoms with E-state index in [4.69, 9.17) is 4.74 Å². The normalized spacial score (nSPS) is 10.0. The predicted octanol–water partition coefficient (Wildman–Crippen LogP) is 3.27. The Bertz CT molecular complexity index is 637. The second-order valence-electron chi connectivity index (χ2n) is 4.17. The van der Waals surface area contributed by atoms with Crippen LogP contribution >= 0.6 is 11.3 Å². The molecule has 0 fully saturated rings. The van der Waals surface area contributed by atoms with E-state index in [1.54, 1.807) is 31.2 Å². The third-order valence-corrected chi connectivity index (χ3v) is 3.37. The van der Waals surface area contributed by atoms with Gasteiger partial charge < -0.3 is 10.1 Å². The average Bonchev–Trinajstić information content (AvgIpc) is 2.85. The number of anilines is 2. The number of aryl methyl sites for hydroxylation is 1. The van der Waals surface area contributed by atoms with Gasteiger partial charge in [-0.3, -0.25) is 5.32 Å². The molecule has 0 aliphatic carbocycles. The highest BCUT2D eigenvalue weighted by molar-refractivity contribution is 7.13. The zero-order chi connectivity index (χ0) is 15.2. The first kappa shape index (κ1) is 15.0. The van der Waals surface area contributed by atoms with Crippen molar-refractivity contribution in [1.82, 2.24) is 4.98 Å². The number of nitrogens with one attached hydrogen (secondary N) is 2. The van der Waals surface area contributed by atoms with Crippen LogP contribution in [0.4, 0.5) is 15.6 Å². The van der Waals surface area contributed by atoms with Crippen LogP contribution in [0.5, 0.6) is 0 Å². The molecular weight excluding hydrogens is 290 g/mol. The van der Waals surface area contributed by atoms with E-state index in [9.17, 15) is 9.59 Å². The number of aromatic nitrogens is 1. The highest BCUT2D eigenvalue weighted by Crippen LogP contribution is 2.15. The summed E-state index contributed by atoms with van der Waals surface area (Å²) in [5.41, 5.74) is 1.88. The number of ether oxygens (including phenoxy) is 1. The van der Waals surface area contributed by atoms with E-state index in [1.165, 1.54) is 11.3 Å². The van der Waals surface area contributed by atoms with Crippen LogP contribution in [0.2, 0.25) is 0 Å². The third kappa shape index (κ3) is 4.28. The van der Waals surface area contributed by atoms with Gasteiger partial charge in [0.2, 0.25) is 0 Å². The van der Waals surface area contributed by atoms with Crippen LogP contribution in [-0.2, 0) is 4.74 Å². The van der Waals surface area contributed by atoms with E-state index in [2.05, 4.69) is 15.6 Å². The van der Waals surface area contributed by atoms with E-state index in [0.717, 1.165) is 5.69 Å². The Labute approximate surface area is 126 Å². The lowest BCUT2D eigenvalue weighted by Gasteiger charge is -2.06. The van der Waals surface area contributed by atoms with Gasteiger partial charge >= 0.3 is 12.0 Å². The van der Waals surface area contributed by atoms with Crippen LogP contribution < -0.4 is 10.6 Å². The maximum absolute atomic E-state index is 11.8. The van der Waals surface area contributed by atoms with Crippen molar-refractivity contribution >= 4 is 34.2 Å².